The van der Waals surface area contributed by atoms with Gasteiger partial charge in [-0.2, -0.15) is 0 Å². The third-order valence-corrected chi connectivity index (χ3v) is 12.9. The molecule has 0 amide bonds. The number of rotatable bonds is 6. The summed E-state index contributed by atoms with van der Waals surface area (Å²) in [6, 6.07) is 82.6. The number of hydrogen-bond acceptors (Lipinski definition) is 2. The van der Waals surface area contributed by atoms with Gasteiger partial charge < -0.3 is 9.13 Å². The molecule has 0 spiro atoms. The quantitative estimate of drug-likeness (QED) is 0.168. The van der Waals surface area contributed by atoms with Crippen molar-refractivity contribution in [2.45, 2.75) is 0 Å². The highest BCUT2D eigenvalue weighted by molar-refractivity contribution is 6.27. The second-order valence-corrected chi connectivity index (χ2v) is 16.5. The van der Waals surface area contributed by atoms with Gasteiger partial charge in [-0.05, 0) is 87.6 Å². The van der Waals surface area contributed by atoms with E-state index in [1.165, 1.54) is 60.1 Å². The van der Waals surface area contributed by atoms with E-state index in [2.05, 4.69) is 234 Å². The standard InChI is InChI=1S/C60H38N4/c1-5-17-39(18-6-1)40-29-31-43(32-30-40)60-59(42-21-9-3-10-22-42)61-52-34-33-45(35-53(52)62-60)64-54-28-16-15-26-47(54)50-36-51-56(38-55(50)64)63(44-23-11-4-12-24-44)57-37-49(41-19-7-2-8-20-41)46-25-13-14-27-48(46)58(51)57/h1-38H. The molecule has 0 aliphatic heterocycles. The number of nitrogens with zero attached hydrogens (tertiary/aromatic N) is 4. The van der Waals surface area contributed by atoms with Gasteiger partial charge in [0.25, 0.3) is 0 Å². The van der Waals surface area contributed by atoms with E-state index < -0.39 is 0 Å². The fourth-order valence-corrected chi connectivity index (χ4v) is 9.96. The maximum atomic E-state index is 5.47. The first kappa shape index (κ1) is 36.1. The van der Waals surface area contributed by atoms with Gasteiger partial charge in [0.1, 0.15) is 0 Å². The summed E-state index contributed by atoms with van der Waals surface area (Å²) < 4.78 is 4.86. The lowest BCUT2D eigenvalue weighted by Crippen LogP contribution is -1.99. The Bertz CT molecular complexity index is 3910. The molecule has 0 saturated carbocycles. The second kappa shape index (κ2) is 14.5. The molecular weight excluding hydrogens is 777 g/mol. The molecule has 64 heavy (non-hydrogen) atoms. The summed E-state index contributed by atoms with van der Waals surface area (Å²) >= 11 is 0. The van der Waals surface area contributed by atoms with Crippen LogP contribution in [0, 0.1) is 0 Å². The zero-order valence-corrected chi connectivity index (χ0v) is 34.7. The maximum Gasteiger partial charge on any atom is 0.0973 e. The SMILES string of the molecule is c1ccc(-c2ccc(-c3nc4cc(-n5c6ccccc6c6cc7c8c9ccccc9c(-c9ccccc9)cc8n(-c8ccccc8)c7cc65)ccc4nc3-c3ccccc3)cc2)cc1. The maximum absolute atomic E-state index is 5.47. The fraction of sp³-hybridized carbons (Fsp3) is 0. The van der Waals surface area contributed by atoms with E-state index in [1.54, 1.807) is 0 Å². The van der Waals surface area contributed by atoms with E-state index in [0.29, 0.717) is 0 Å². The van der Waals surface area contributed by atoms with Crippen LogP contribution in [0.1, 0.15) is 0 Å². The molecular formula is C60H38N4. The Hall–Kier alpha value is -8.60. The molecule has 4 heteroatoms. The monoisotopic (exact) mass is 814 g/mol. The average Bonchev–Trinajstić information content (AvgIpc) is 3.87. The van der Waals surface area contributed by atoms with E-state index in [0.717, 1.165) is 61.5 Å². The van der Waals surface area contributed by atoms with Crippen molar-refractivity contribution in [3.8, 4) is 56.1 Å². The van der Waals surface area contributed by atoms with Crippen LogP contribution in [0.4, 0.5) is 0 Å². The van der Waals surface area contributed by atoms with Crippen LogP contribution in [0.2, 0.25) is 0 Å². The van der Waals surface area contributed by atoms with Gasteiger partial charge in [0.15, 0.2) is 0 Å². The summed E-state index contributed by atoms with van der Waals surface area (Å²) in [5, 5.41) is 7.38. The molecule has 0 aliphatic rings. The molecule has 0 fully saturated rings. The van der Waals surface area contributed by atoms with Crippen LogP contribution in [-0.2, 0) is 0 Å². The lowest BCUT2D eigenvalue weighted by atomic mass is 9.94. The van der Waals surface area contributed by atoms with Crippen LogP contribution in [0.5, 0.6) is 0 Å². The highest BCUT2D eigenvalue weighted by atomic mass is 15.0. The Morgan fingerprint density at radius 1 is 0.266 bits per heavy atom. The number of para-hydroxylation sites is 2. The van der Waals surface area contributed by atoms with Crippen molar-refractivity contribution in [2.24, 2.45) is 0 Å². The topological polar surface area (TPSA) is 35.6 Å². The molecule has 0 radical (unpaired) electrons. The zero-order chi connectivity index (χ0) is 42.1. The van der Waals surface area contributed by atoms with Crippen LogP contribution < -0.4 is 0 Å². The van der Waals surface area contributed by atoms with Crippen molar-refractivity contribution in [3.63, 3.8) is 0 Å². The first-order chi connectivity index (χ1) is 31.7. The van der Waals surface area contributed by atoms with Crippen LogP contribution >= 0.6 is 0 Å². The van der Waals surface area contributed by atoms with Crippen molar-refractivity contribution in [1.82, 2.24) is 19.1 Å². The molecule has 3 heterocycles. The minimum Gasteiger partial charge on any atom is -0.309 e. The molecule has 0 unspecified atom stereocenters. The molecule has 0 atom stereocenters. The molecule has 0 aliphatic carbocycles. The van der Waals surface area contributed by atoms with E-state index in [-0.39, 0.29) is 0 Å². The molecule has 13 rings (SSSR count). The molecule has 0 bridgehead atoms. The number of hydrogen-bond donors (Lipinski definition) is 0. The Morgan fingerprint density at radius 3 is 1.50 bits per heavy atom. The molecule has 0 N–H and O–H groups in total. The highest BCUT2D eigenvalue weighted by Gasteiger charge is 2.22. The third kappa shape index (κ3) is 5.70. The largest absolute Gasteiger partial charge is 0.309 e. The average molecular weight is 815 g/mol. The lowest BCUT2D eigenvalue weighted by Gasteiger charge is -2.14. The van der Waals surface area contributed by atoms with Crippen LogP contribution in [-0.4, -0.2) is 19.1 Å². The zero-order valence-electron chi connectivity index (χ0n) is 34.7. The third-order valence-electron chi connectivity index (χ3n) is 12.9. The van der Waals surface area contributed by atoms with Crippen molar-refractivity contribution in [1.29, 1.82) is 0 Å². The van der Waals surface area contributed by atoms with Crippen molar-refractivity contribution < 1.29 is 0 Å². The summed E-state index contributed by atoms with van der Waals surface area (Å²) in [6.45, 7) is 0. The molecule has 0 saturated heterocycles. The van der Waals surface area contributed by atoms with Gasteiger partial charge in [0.05, 0.1) is 44.5 Å². The first-order valence-corrected chi connectivity index (χ1v) is 21.8. The van der Waals surface area contributed by atoms with E-state index in [9.17, 15) is 0 Å². The van der Waals surface area contributed by atoms with Crippen LogP contribution in [0.25, 0.3) is 122 Å². The molecule has 3 aromatic heterocycles. The van der Waals surface area contributed by atoms with Gasteiger partial charge >= 0.3 is 0 Å². The van der Waals surface area contributed by atoms with Gasteiger partial charge in [0, 0.05) is 44.0 Å². The van der Waals surface area contributed by atoms with Gasteiger partial charge in [-0.15, -0.1) is 0 Å². The molecule has 298 valence electrons. The summed E-state index contributed by atoms with van der Waals surface area (Å²) in [7, 11) is 0. The highest BCUT2D eigenvalue weighted by Crippen LogP contribution is 2.45. The van der Waals surface area contributed by atoms with Crippen molar-refractivity contribution >= 4 is 65.4 Å². The number of fused-ring (bicyclic) bond motifs is 9. The lowest BCUT2D eigenvalue weighted by molar-refractivity contribution is 1.16. The second-order valence-electron chi connectivity index (χ2n) is 16.5. The Labute approximate surface area is 369 Å². The summed E-state index contributed by atoms with van der Waals surface area (Å²) in [5.41, 5.74) is 17.0. The smallest absolute Gasteiger partial charge is 0.0973 e. The predicted octanol–water partition coefficient (Wildman–Crippen LogP) is 15.6. The van der Waals surface area contributed by atoms with Crippen LogP contribution in [0.15, 0.2) is 231 Å². The molecule has 4 nitrogen and oxygen atoms in total. The Balaban J connectivity index is 1.07. The predicted molar refractivity (Wildman–Crippen MR) is 267 cm³/mol. The molecule has 10 aromatic carbocycles. The van der Waals surface area contributed by atoms with Crippen molar-refractivity contribution in [3.05, 3.63) is 231 Å². The van der Waals surface area contributed by atoms with Gasteiger partial charge in [0.2, 0.25) is 0 Å². The summed E-state index contributed by atoms with van der Waals surface area (Å²) in [4.78, 5) is 10.8. The minimum atomic E-state index is 0.838. The number of aromatic nitrogens is 4. The van der Waals surface area contributed by atoms with Gasteiger partial charge in [-0.25, -0.2) is 9.97 Å². The van der Waals surface area contributed by atoms with Gasteiger partial charge in [-0.1, -0.05) is 176 Å². The van der Waals surface area contributed by atoms with E-state index in [4.69, 9.17) is 9.97 Å². The summed E-state index contributed by atoms with van der Waals surface area (Å²) in [6.07, 6.45) is 0. The van der Waals surface area contributed by atoms with E-state index >= 15 is 0 Å². The Kier molecular flexibility index (Phi) is 8.18. The fourth-order valence-electron chi connectivity index (χ4n) is 9.96. The summed E-state index contributed by atoms with van der Waals surface area (Å²) in [5.74, 6) is 0. The number of benzene rings is 10. The Morgan fingerprint density at radius 2 is 0.781 bits per heavy atom. The normalized spacial score (nSPS) is 11.8. The van der Waals surface area contributed by atoms with Gasteiger partial charge in [-0.3, -0.25) is 0 Å². The molecule has 13 aromatic rings. The first-order valence-electron chi connectivity index (χ1n) is 21.8. The van der Waals surface area contributed by atoms with E-state index in [1.807, 2.05) is 6.07 Å². The minimum absolute atomic E-state index is 0.838. The van der Waals surface area contributed by atoms with Crippen molar-refractivity contribution in [2.75, 3.05) is 0 Å². The van der Waals surface area contributed by atoms with Crippen LogP contribution in [0.3, 0.4) is 0 Å².